The molecule has 2 fully saturated rings. The van der Waals surface area contributed by atoms with Crippen LogP contribution in [0.3, 0.4) is 0 Å². The van der Waals surface area contributed by atoms with Gasteiger partial charge in [-0.25, -0.2) is 4.79 Å². The predicted octanol–water partition coefficient (Wildman–Crippen LogP) is -0.848. The highest BCUT2D eigenvalue weighted by Gasteiger charge is 2.51. The number of piperidine rings is 1. The molecule has 2 rings (SSSR count). The van der Waals surface area contributed by atoms with Crippen molar-refractivity contribution in [3.05, 3.63) is 6.04 Å². The van der Waals surface area contributed by atoms with Crippen LogP contribution in [-0.2, 0) is 4.79 Å². The Morgan fingerprint density at radius 3 is 2.69 bits per heavy atom. The van der Waals surface area contributed by atoms with Crippen LogP contribution in [0.1, 0.15) is 13.3 Å². The third-order valence-corrected chi connectivity index (χ3v) is 2.71. The highest BCUT2D eigenvalue weighted by atomic mass is 16.2. The first kappa shape index (κ1) is 8.50. The summed E-state index contributed by atoms with van der Waals surface area (Å²) in [7, 11) is 0. The van der Waals surface area contributed by atoms with Crippen molar-refractivity contribution in [3.8, 4) is 0 Å². The molecule has 2 aliphatic rings. The Kier molecular flexibility index (Phi) is 1.76. The van der Waals surface area contributed by atoms with E-state index in [9.17, 15) is 9.59 Å². The van der Waals surface area contributed by atoms with Gasteiger partial charge in [0.05, 0.1) is 12.6 Å². The Balaban J connectivity index is 2.26. The minimum Gasteiger partial charge on any atom is -0.328 e. The topological polar surface area (TPSA) is 70.2 Å². The molecule has 0 bridgehead atoms. The van der Waals surface area contributed by atoms with Gasteiger partial charge in [-0.05, 0) is 19.9 Å². The van der Waals surface area contributed by atoms with Crippen molar-refractivity contribution in [1.29, 1.82) is 0 Å². The van der Waals surface area contributed by atoms with Crippen molar-refractivity contribution in [2.24, 2.45) is 0 Å². The molecule has 3 N–H and O–H groups in total. The first-order chi connectivity index (χ1) is 6.15. The summed E-state index contributed by atoms with van der Waals surface area (Å²) in [5.41, 5.74) is -0.734. The molecular weight excluding hydrogens is 170 g/mol. The lowest BCUT2D eigenvalue weighted by Gasteiger charge is -2.33. The molecule has 0 aliphatic carbocycles. The summed E-state index contributed by atoms with van der Waals surface area (Å²) < 4.78 is 0. The first-order valence-corrected chi connectivity index (χ1v) is 4.32. The molecule has 1 atom stereocenters. The Hall–Kier alpha value is -1.10. The van der Waals surface area contributed by atoms with Gasteiger partial charge in [0, 0.05) is 0 Å². The number of carbonyl (C=O) groups is 2. The maximum absolute atomic E-state index is 11.6. The average Bonchev–Trinajstić information content (AvgIpc) is 2.35. The number of Topliss-reactive ketones (excluding diaryl/α,β-unsaturated/α-hetero) is 1. The molecule has 71 valence electrons. The fourth-order valence-electron chi connectivity index (χ4n) is 1.89. The normalized spacial score (nSPS) is 34.8. The summed E-state index contributed by atoms with van der Waals surface area (Å²) in [6.07, 6.45) is 0.635. The number of carbonyl (C=O) groups excluding carboxylic acids is 2. The lowest BCUT2D eigenvalue weighted by Crippen LogP contribution is -2.59. The molecule has 1 spiro atoms. The van der Waals surface area contributed by atoms with E-state index in [1.165, 1.54) is 0 Å². The van der Waals surface area contributed by atoms with Crippen LogP contribution in [0, 0.1) is 6.04 Å². The van der Waals surface area contributed by atoms with Gasteiger partial charge in [0.2, 0.25) is 0 Å². The number of amides is 2. The van der Waals surface area contributed by atoms with Crippen molar-refractivity contribution in [1.82, 2.24) is 16.0 Å². The van der Waals surface area contributed by atoms with Crippen molar-refractivity contribution >= 4 is 11.8 Å². The molecule has 0 aromatic rings. The van der Waals surface area contributed by atoms with Gasteiger partial charge in [-0.1, -0.05) is 0 Å². The molecule has 2 aliphatic heterocycles. The molecule has 1 radical (unpaired) electrons. The van der Waals surface area contributed by atoms with Gasteiger partial charge in [-0.15, -0.1) is 0 Å². The van der Waals surface area contributed by atoms with E-state index in [1.807, 2.05) is 0 Å². The largest absolute Gasteiger partial charge is 0.328 e. The van der Waals surface area contributed by atoms with Gasteiger partial charge in [-0.3, -0.25) is 4.79 Å². The summed E-state index contributed by atoms with van der Waals surface area (Å²) in [4.78, 5) is 22.7. The highest BCUT2D eigenvalue weighted by molar-refractivity contribution is 6.00. The van der Waals surface area contributed by atoms with Gasteiger partial charge < -0.3 is 16.0 Å². The lowest BCUT2D eigenvalue weighted by atomic mass is 9.82. The Morgan fingerprint density at radius 2 is 2.15 bits per heavy atom. The number of ketones is 1. The van der Waals surface area contributed by atoms with E-state index in [0.717, 1.165) is 12.6 Å². The van der Waals surface area contributed by atoms with Crippen LogP contribution in [0.15, 0.2) is 0 Å². The second kappa shape index (κ2) is 2.70. The lowest BCUT2D eigenvalue weighted by molar-refractivity contribution is -0.124. The van der Waals surface area contributed by atoms with E-state index < -0.39 is 5.54 Å². The molecule has 0 aromatic heterocycles. The van der Waals surface area contributed by atoms with Crippen LogP contribution < -0.4 is 16.0 Å². The molecule has 0 saturated carbocycles. The second-order valence-corrected chi connectivity index (χ2v) is 3.46. The summed E-state index contributed by atoms with van der Waals surface area (Å²) in [6.45, 7) is 2.87. The van der Waals surface area contributed by atoms with Gasteiger partial charge in [0.1, 0.15) is 5.54 Å². The molecule has 2 saturated heterocycles. The van der Waals surface area contributed by atoms with E-state index in [-0.39, 0.29) is 11.8 Å². The van der Waals surface area contributed by atoms with Gasteiger partial charge >= 0.3 is 6.03 Å². The van der Waals surface area contributed by atoms with E-state index in [2.05, 4.69) is 16.0 Å². The molecule has 2 heterocycles. The average molecular weight is 182 g/mol. The van der Waals surface area contributed by atoms with Gasteiger partial charge in [0.25, 0.3) is 0 Å². The van der Waals surface area contributed by atoms with Crippen LogP contribution in [0.25, 0.3) is 0 Å². The van der Waals surface area contributed by atoms with Crippen molar-refractivity contribution in [3.63, 3.8) is 0 Å². The molecular formula is C8H12N3O2. The van der Waals surface area contributed by atoms with Crippen LogP contribution >= 0.6 is 0 Å². The summed E-state index contributed by atoms with van der Waals surface area (Å²) >= 11 is 0. The number of hydrogen-bond donors (Lipinski definition) is 3. The number of nitrogens with one attached hydrogen (secondary N) is 3. The van der Waals surface area contributed by atoms with Crippen molar-refractivity contribution < 1.29 is 9.59 Å². The van der Waals surface area contributed by atoms with Crippen LogP contribution in [-0.4, -0.2) is 30.4 Å². The Morgan fingerprint density at radius 1 is 1.38 bits per heavy atom. The standard InChI is InChI=1S/C8H12N3O2/c1-5-8(11-7(13)10-5)2-3-9-4-6(8)12/h9H,2-4H2,1H3,(H2,10,11,13). The molecule has 0 aromatic carbocycles. The molecule has 1 unspecified atom stereocenters. The van der Waals surface area contributed by atoms with E-state index in [1.54, 1.807) is 6.92 Å². The Bertz CT molecular complexity index is 266. The minimum atomic E-state index is -0.734. The summed E-state index contributed by atoms with van der Waals surface area (Å²) in [5.74, 6) is 0.0367. The van der Waals surface area contributed by atoms with Crippen molar-refractivity contribution in [2.45, 2.75) is 18.9 Å². The van der Waals surface area contributed by atoms with E-state index in [4.69, 9.17) is 0 Å². The zero-order chi connectivity index (χ0) is 9.47. The molecule has 5 nitrogen and oxygen atoms in total. The fraction of sp³-hybridized carbons (Fsp3) is 0.625. The highest BCUT2D eigenvalue weighted by Crippen LogP contribution is 2.28. The van der Waals surface area contributed by atoms with E-state index >= 15 is 0 Å². The summed E-state index contributed by atoms with van der Waals surface area (Å²) in [5, 5.41) is 8.30. The molecule has 5 heteroatoms. The smallest absolute Gasteiger partial charge is 0.316 e. The van der Waals surface area contributed by atoms with E-state index in [0.29, 0.717) is 13.0 Å². The van der Waals surface area contributed by atoms with Gasteiger partial charge in [-0.2, -0.15) is 0 Å². The monoisotopic (exact) mass is 182 g/mol. The SMILES string of the molecule is C[C]1NC(=O)NC12CCNCC2=O. The third-order valence-electron chi connectivity index (χ3n) is 2.71. The predicted molar refractivity (Wildman–Crippen MR) is 45.8 cm³/mol. The minimum absolute atomic E-state index is 0.0367. The summed E-state index contributed by atoms with van der Waals surface area (Å²) in [6, 6.07) is 0.455. The fourth-order valence-corrected chi connectivity index (χ4v) is 1.89. The second-order valence-electron chi connectivity index (χ2n) is 3.46. The number of rotatable bonds is 0. The number of hydrogen-bond acceptors (Lipinski definition) is 3. The van der Waals surface area contributed by atoms with Crippen LogP contribution in [0.4, 0.5) is 4.79 Å². The molecule has 2 amide bonds. The number of urea groups is 1. The first-order valence-electron chi connectivity index (χ1n) is 4.32. The zero-order valence-electron chi connectivity index (χ0n) is 7.44. The molecule has 13 heavy (non-hydrogen) atoms. The van der Waals surface area contributed by atoms with Crippen LogP contribution in [0.5, 0.6) is 0 Å². The zero-order valence-corrected chi connectivity index (χ0v) is 7.44. The Labute approximate surface area is 76.3 Å². The quantitative estimate of drug-likeness (QED) is 0.457. The van der Waals surface area contributed by atoms with Gasteiger partial charge in [0.15, 0.2) is 5.78 Å². The van der Waals surface area contributed by atoms with Crippen LogP contribution in [0.2, 0.25) is 0 Å². The third kappa shape index (κ3) is 1.11. The van der Waals surface area contributed by atoms with Crippen molar-refractivity contribution in [2.75, 3.05) is 13.1 Å². The maximum Gasteiger partial charge on any atom is 0.316 e. The maximum atomic E-state index is 11.6.